The van der Waals surface area contributed by atoms with E-state index in [0.29, 0.717) is 10.7 Å². The van der Waals surface area contributed by atoms with Crippen LogP contribution in [0.3, 0.4) is 0 Å². The molecule has 3 aliphatic heterocycles. The van der Waals surface area contributed by atoms with Gasteiger partial charge in [-0.15, -0.1) is 0 Å². The monoisotopic (exact) mass is 487 g/mol. The number of likely N-dealkylation sites (N-methyl/N-ethyl adjacent to an activating group) is 1. The number of nitrogens with zero attached hydrogens (tertiary/aromatic N) is 3. The lowest BCUT2D eigenvalue weighted by Crippen LogP contribution is -2.51. The average Bonchev–Trinajstić information content (AvgIpc) is 3.34. The Kier molecular flexibility index (Phi) is 5.34. The van der Waals surface area contributed by atoms with Crippen LogP contribution < -0.4 is 4.90 Å². The number of carbonyl (C=O) groups excluding carboxylic acids is 2. The van der Waals surface area contributed by atoms with E-state index in [-0.39, 0.29) is 22.7 Å². The molecule has 2 aromatic carbocycles. The summed E-state index contributed by atoms with van der Waals surface area (Å²) >= 11 is 13.2. The van der Waals surface area contributed by atoms with Crippen molar-refractivity contribution in [2.45, 2.75) is 36.9 Å². The molecule has 4 atom stereocenters. The van der Waals surface area contributed by atoms with Crippen LogP contribution in [-0.2, 0) is 14.4 Å². The summed E-state index contributed by atoms with van der Waals surface area (Å²) in [6, 6.07) is 15.9. The Morgan fingerprint density at radius 3 is 2.28 bits per heavy atom. The molecule has 3 heterocycles. The number of rotatable bonds is 3. The molecule has 3 aliphatic rings. The van der Waals surface area contributed by atoms with Crippen molar-refractivity contribution >= 4 is 57.4 Å². The second-order valence-corrected chi connectivity index (χ2v) is 10.9. The number of hydroxylamine groups is 2. The fourth-order valence-corrected chi connectivity index (χ4v) is 6.51. The molecule has 32 heavy (non-hydrogen) atoms. The van der Waals surface area contributed by atoms with E-state index in [4.69, 9.17) is 28.7 Å². The molecule has 0 bridgehead atoms. The highest BCUT2D eigenvalue weighted by Crippen LogP contribution is 2.52. The largest absolute Gasteiger partial charge is 0.353 e. The number of benzene rings is 2. The molecular formula is C23H22ClN3O3S2. The van der Waals surface area contributed by atoms with Gasteiger partial charge in [0.15, 0.2) is 6.10 Å². The molecule has 2 aromatic rings. The molecule has 3 fully saturated rings. The second-order valence-electron chi connectivity index (χ2n) is 8.70. The lowest BCUT2D eigenvalue weighted by atomic mass is 9.90. The van der Waals surface area contributed by atoms with Gasteiger partial charge >= 0.3 is 0 Å². The summed E-state index contributed by atoms with van der Waals surface area (Å²) in [4.78, 5) is 36.6. The number of amides is 2. The molecule has 0 N–H and O–H groups in total. The van der Waals surface area contributed by atoms with Crippen molar-refractivity contribution in [3.63, 3.8) is 0 Å². The fraction of sp³-hybridized carbons (Fsp3) is 0.348. The van der Waals surface area contributed by atoms with E-state index in [9.17, 15) is 9.59 Å². The molecule has 6 nitrogen and oxygen atoms in total. The number of thioether (sulfide) groups is 1. The van der Waals surface area contributed by atoms with Crippen LogP contribution in [-0.4, -0.2) is 50.2 Å². The molecule has 0 spiro atoms. The van der Waals surface area contributed by atoms with Crippen molar-refractivity contribution in [1.82, 2.24) is 9.96 Å². The van der Waals surface area contributed by atoms with E-state index in [1.165, 1.54) is 16.7 Å². The smallest absolute Gasteiger partial charge is 0.265 e. The predicted octanol–water partition coefficient (Wildman–Crippen LogP) is 4.25. The number of hydrogen-bond acceptors (Lipinski definition) is 6. The van der Waals surface area contributed by atoms with Gasteiger partial charge in [0.2, 0.25) is 5.91 Å². The Hall–Kier alpha value is -1.97. The summed E-state index contributed by atoms with van der Waals surface area (Å²) < 4.78 is 0.749. The fourth-order valence-electron chi connectivity index (χ4n) is 4.56. The van der Waals surface area contributed by atoms with Crippen LogP contribution in [0.4, 0.5) is 5.69 Å². The first-order chi connectivity index (χ1) is 15.2. The molecule has 2 amide bonds. The predicted molar refractivity (Wildman–Crippen MR) is 129 cm³/mol. The number of carbonyl (C=O) groups is 2. The zero-order valence-electron chi connectivity index (χ0n) is 17.8. The summed E-state index contributed by atoms with van der Waals surface area (Å²) in [5.41, 5.74) is 1.06. The Balaban J connectivity index is 1.58. The highest BCUT2D eigenvalue weighted by Gasteiger charge is 2.63. The van der Waals surface area contributed by atoms with Crippen molar-refractivity contribution in [1.29, 1.82) is 0 Å². The molecule has 0 aromatic heterocycles. The number of fused-ring (bicyclic) bond motifs is 1. The molecule has 9 heteroatoms. The maximum absolute atomic E-state index is 13.6. The maximum Gasteiger partial charge on any atom is 0.265 e. The zero-order valence-corrected chi connectivity index (χ0v) is 20.2. The first-order valence-corrected chi connectivity index (χ1v) is 12.0. The van der Waals surface area contributed by atoms with Crippen molar-refractivity contribution in [2.24, 2.45) is 5.92 Å². The Morgan fingerprint density at radius 2 is 1.69 bits per heavy atom. The van der Waals surface area contributed by atoms with E-state index in [2.05, 4.69) is 13.8 Å². The lowest BCUT2D eigenvalue weighted by molar-refractivity contribution is -0.188. The number of imide groups is 1. The van der Waals surface area contributed by atoms with Crippen molar-refractivity contribution in [3.8, 4) is 0 Å². The Bertz CT molecular complexity index is 1100. The molecule has 5 rings (SSSR count). The number of anilines is 1. The third-order valence-electron chi connectivity index (χ3n) is 6.56. The molecule has 0 saturated carbocycles. The summed E-state index contributed by atoms with van der Waals surface area (Å²) in [5.74, 6) is -1.27. The molecule has 0 aliphatic carbocycles. The minimum absolute atomic E-state index is 0.197. The topological polar surface area (TPSA) is 53.1 Å². The highest BCUT2D eigenvalue weighted by molar-refractivity contribution is 8.23. The number of para-hydroxylation sites is 1. The van der Waals surface area contributed by atoms with Gasteiger partial charge in [-0.2, -0.15) is 5.06 Å². The van der Waals surface area contributed by atoms with Crippen molar-refractivity contribution in [2.75, 3.05) is 11.9 Å². The van der Waals surface area contributed by atoms with Gasteiger partial charge in [-0.25, -0.2) is 4.90 Å². The van der Waals surface area contributed by atoms with Crippen LogP contribution in [0.25, 0.3) is 0 Å². The van der Waals surface area contributed by atoms with Gasteiger partial charge in [-0.05, 0) is 43.7 Å². The molecule has 3 saturated heterocycles. The normalized spacial score (nSPS) is 29.8. The lowest BCUT2D eigenvalue weighted by Gasteiger charge is -2.39. The number of halogens is 1. The minimum Gasteiger partial charge on any atom is -0.353 e. The average molecular weight is 488 g/mol. The summed E-state index contributed by atoms with van der Waals surface area (Å²) in [7, 11) is 1.96. The van der Waals surface area contributed by atoms with Crippen LogP contribution in [0, 0.1) is 5.92 Å². The first kappa shape index (κ1) is 21.9. The quantitative estimate of drug-likeness (QED) is 0.473. The first-order valence-electron chi connectivity index (χ1n) is 10.3. The van der Waals surface area contributed by atoms with Crippen molar-refractivity contribution in [3.05, 3.63) is 65.2 Å². The third-order valence-corrected chi connectivity index (χ3v) is 8.86. The minimum atomic E-state index is -0.890. The van der Waals surface area contributed by atoms with Gasteiger partial charge in [0, 0.05) is 12.1 Å². The summed E-state index contributed by atoms with van der Waals surface area (Å²) in [6.07, 6.45) is -0.890. The van der Waals surface area contributed by atoms with Gasteiger partial charge in [-0.3, -0.25) is 14.4 Å². The van der Waals surface area contributed by atoms with E-state index in [1.54, 1.807) is 24.3 Å². The number of thiocarbonyl (C=S) groups is 1. The van der Waals surface area contributed by atoms with Crippen molar-refractivity contribution < 1.29 is 14.4 Å². The summed E-state index contributed by atoms with van der Waals surface area (Å²) in [5, 5.41) is 2.22. The standard InChI is InChI=1S/C23H22ClN3O3S2/c1-23(2)21(32-22(31)25(23)3)27-17(13-9-11-14(24)12-10-13)16-18(30-27)20(29)26(19(16)28)15-7-5-4-6-8-15/h4-12,16-18,21H,1-3H3/t16-,17-,18-,21+/m1/s1. The van der Waals surface area contributed by atoms with Gasteiger partial charge in [0.1, 0.15) is 9.69 Å². The molecule has 166 valence electrons. The van der Waals surface area contributed by atoms with E-state index < -0.39 is 18.1 Å². The Morgan fingerprint density at radius 1 is 1.03 bits per heavy atom. The van der Waals surface area contributed by atoms with E-state index in [1.807, 2.05) is 47.3 Å². The number of hydrogen-bond donors (Lipinski definition) is 0. The van der Waals surface area contributed by atoms with Crippen LogP contribution >= 0.6 is 35.6 Å². The van der Waals surface area contributed by atoms with Crippen LogP contribution in [0.2, 0.25) is 5.02 Å². The van der Waals surface area contributed by atoms with Crippen LogP contribution in [0.15, 0.2) is 54.6 Å². The van der Waals surface area contributed by atoms with Crippen LogP contribution in [0.5, 0.6) is 0 Å². The van der Waals surface area contributed by atoms with E-state index in [0.717, 1.165) is 9.88 Å². The summed E-state index contributed by atoms with van der Waals surface area (Å²) in [6.45, 7) is 4.17. The van der Waals surface area contributed by atoms with Gasteiger partial charge in [0.05, 0.1) is 23.2 Å². The maximum atomic E-state index is 13.6. The van der Waals surface area contributed by atoms with Crippen LogP contribution in [0.1, 0.15) is 25.5 Å². The Labute approximate surface area is 201 Å². The molecular weight excluding hydrogens is 466 g/mol. The van der Waals surface area contributed by atoms with Gasteiger partial charge in [-0.1, -0.05) is 65.9 Å². The van der Waals surface area contributed by atoms with Gasteiger partial charge < -0.3 is 4.90 Å². The molecule has 0 radical (unpaired) electrons. The molecule has 0 unspecified atom stereocenters. The van der Waals surface area contributed by atoms with Gasteiger partial charge in [0.25, 0.3) is 5.91 Å². The van der Waals surface area contributed by atoms with E-state index >= 15 is 0 Å². The third kappa shape index (κ3) is 3.20. The highest BCUT2D eigenvalue weighted by atomic mass is 35.5. The second kappa shape index (κ2) is 7.81. The zero-order chi connectivity index (χ0) is 22.8. The SMILES string of the molecule is CN1C(=S)S[C@H](N2O[C@H]3C(=O)N(c4ccccc4)C(=O)[C@@H]3[C@H]2c2ccc(Cl)cc2)C1(C)C.